The normalized spacial score (nSPS) is 12.8. The maximum Gasteiger partial charge on any atom is 0.0345 e. The van der Waals surface area contributed by atoms with Crippen LogP contribution in [0.3, 0.4) is 0 Å². The molecule has 0 spiro atoms. The lowest BCUT2D eigenvalue weighted by atomic mass is 10.1. The zero-order valence-electron chi connectivity index (χ0n) is 11.7. The Bertz CT molecular complexity index is 318. The van der Waals surface area contributed by atoms with Gasteiger partial charge in [-0.15, -0.1) is 0 Å². The lowest BCUT2D eigenvalue weighted by molar-refractivity contribution is 0.296. The fraction of sp³-hybridized carbons (Fsp3) is 0.600. The SMILES string of the molecule is CCC(C)Nc1cccc(CN(CC)CC)c1. The van der Waals surface area contributed by atoms with Crippen molar-refractivity contribution in [2.75, 3.05) is 18.4 Å². The number of nitrogens with zero attached hydrogens (tertiary/aromatic N) is 1. The number of benzene rings is 1. The molecule has 0 aromatic heterocycles. The van der Waals surface area contributed by atoms with Gasteiger partial charge in [0.15, 0.2) is 0 Å². The van der Waals surface area contributed by atoms with Gasteiger partial charge < -0.3 is 5.32 Å². The van der Waals surface area contributed by atoms with Gasteiger partial charge in [-0.1, -0.05) is 32.9 Å². The Labute approximate surface area is 106 Å². The Morgan fingerprint density at radius 1 is 1.18 bits per heavy atom. The van der Waals surface area contributed by atoms with Gasteiger partial charge in [0.2, 0.25) is 0 Å². The summed E-state index contributed by atoms with van der Waals surface area (Å²) in [6.07, 6.45) is 1.15. The van der Waals surface area contributed by atoms with Crippen LogP contribution in [0.4, 0.5) is 5.69 Å². The van der Waals surface area contributed by atoms with Gasteiger partial charge in [0.25, 0.3) is 0 Å². The maximum atomic E-state index is 3.52. The van der Waals surface area contributed by atoms with Gasteiger partial charge in [-0.3, -0.25) is 4.90 Å². The highest BCUT2D eigenvalue weighted by Crippen LogP contribution is 2.14. The van der Waals surface area contributed by atoms with Gasteiger partial charge in [0, 0.05) is 18.3 Å². The zero-order chi connectivity index (χ0) is 12.7. The van der Waals surface area contributed by atoms with Gasteiger partial charge in [0.1, 0.15) is 0 Å². The molecule has 2 nitrogen and oxygen atoms in total. The van der Waals surface area contributed by atoms with E-state index in [-0.39, 0.29) is 0 Å². The first-order valence-corrected chi connectivity index (χ1v) is 6.77. The van der Waals surface area contributed by atoms with Crippen molar-refractivity contribution in [3.05, 3.63) is 29.8 Å². The highest BCUT2D eigenvalue weighted by Gasteiger charge is 2.03. The van der Waals surface area contributed by atoms with Crippen LogP contribution in [0, 0.1) is 0 Å². The summed E-state index contributed by atoms with van der Waals surface area (Å²) < 4.78 is 0. The summed E-state index contributed by atoms with van der Waals surface area (Å²) in [6, 6.07) is 9.31. The van der Waals surface area contributed by atoms with E-state index in [0.717, 1.165) is 26.1 Å². The summed E-state index contributed by atoms with van der Waals surface area (Å²) in [5.41, 5.74) is 2.63. The van der Waals surface area contributed by atoms with E-state index in [4.69, 9.17) is 0 Å². The third-order valence-electron chi connectivity index (χ3n) is 3.25. The van der Waals surface area contributed by atoms with Crippen LogP contribution in [0.2, 0.25) is 0 Å². The first-order valence-electron chi connectivity index (χ1n) is 6.77. The lowest BCUT2D eigenvalue weighted by Crippen LogP contribution is -2.22. The molecular formula is C15H26N2. The van der Waals surface area contributed by atoms with E-state index in [1.54, 1.807) is 0 Å². The number of hydrogen-bond donors (Lipinski definition) is 1. The molecule has 1 aromatic rings. The third kappa shape index (κ3) is 4.78. The van der Waals surface area contributed by atoms with E-state index in [2.05, 4.69) is 62.2 Å². The monoisotopic (exact) mass is 234 g/mol. The van der Waals surface area contributed by atoms with E-state index in [1.807, 2.05) is 0 Å². The molecule has 17 heavy (non-hydrogen) atoms. The second-order valence-corrected chi connectivity index (χ2v) is 4.62. The fourth-order valence-electron chi connectivity index (χ4n) is 1.85. The molecule has 0 aliphatic rings. The number of rotatable bonds is 7. The minimum Gasteiger partial charge on any atom is -0.383 e. The molecule has 0 aliphatic carbocycles. The summed E-state index contributed by atoms with van der Waals surface area (Å²) >= 11 is 0. The van der Waals surface area contributed by atoms with Gasteiger partial charge >= 0.3 is 0 Å². The Balaban J connectivity index is 2.65. The number of anilines is 1. The molecule has 1 aromatic carbocycles. The summed E-state index contributed by atoms with van der Waals surface area (Å²) in [5.74, 6) is 0. The molecular weight excluding hydrogens is 208 g/mol. The topological polar surface area (TPSA) is 15.3 Å². The van der Waals surface area contributed by atoms with E-state index in [1.165, 1.54) is 11.3 Å². The second kappa shape index (κ2) is 7.33. The van der Waals surface area contributed by atoms with E-state index < -0.39 is 0 Å². The highest BCUT2D eigenvalue weighted by molar-refractivity contribution is 5.46. The van der Waals surface area contributed by atoms with Gasteiger partial charge in [-0.05, 0) is 44.1 Å². The van der Waals surface area contributed by atoms with Gasteiger partial charge in [-0.2, -0.15) is 0 Å². The van der Waals surface area contributed by atoms with Crippen LogP contribution in [-0.2, 0) is 6.54 Å². The van der Waals surface area contributed by atoms with Crippen molar-refractivity contribution in [2.45, 2.75) is 46.7 Å². The van der Waals surface area contributed by atoms with Crippen LogP contribution in [0.15, 0.2) is 24.3 Å². The van der Waals surface area contributed by atoms with Crippen LogP contribution in [0.1, 0.15) is 39.7 Å². The van der Waals surface area contributed by atoms with Crippen LogP contribution >= 0.6 is 0 Å². The van der Waals surface area contributed by atoms with Crippen molar-refractivity contribution >= 4 is 5.69 Å². The van der Waals surface area contributed by atoms with Crippen molar-refractivity contribution in [1.29, 1.82) is 0 Å². The molecule has 1 rings (SSSR count). The van der Waals surface area contributed by atoms with Crippen molar-refractivity contribution in [2.24, 2.45) is 0 Å². The third-order valence-corrected chi connectivity index (χ3v) is 3.25. The molecule has 0 radical (unpaired) electrons. The standard InChI is InChI=1S/C15H26N2/c1-5-13(4)16-15-10-8-9-14(11-15)12-17(6-2)7-3/h8-11,13,16H,5-7,12H2,1-4H3. The van der Waals surface area contributed by atoms with Crippen molar-refractivity contribution in [1.82, 2.24) is 4.90 Å². The molecule has 1 N–H and O–H groups in total. The van der Waals surface area contributed by atoms with Crippen LogP contribution < -0.4 is 5.32 Å². The average Bonchev–Trinajstić information content (AvgIpc) is 2.36. The van der Waals surface area contributed by atoms with Crippen molar-refractivity contribution in [3.8, 4) is 0 Å². The molecule has 1 unspecified atom stereocenters. The fourth-order valence-corrected chi connectivity index (χ4v) is 1.85. The van der Waals surface area contributed by atoms with Crippen molar-refractivity contribution < 1.29 is 0 Å². The maximum absolute atomic E-state index is 3.52. The van der Waals surface area contributed by atoms with Crippen LogP contribution in [0.5, 0.6) is 0 Å². The van der Waals surface area contributed by atoms with E-state index in [0.29, 0.717) is 6.04 Å². The minimum atomic E-state index is 0.540. The first-order chi connectivity index (χ1) is 8.19. The molecule has 0 amide bonds. The van der Waals surface area contributed by atoms with Crippen molar-refractivity contribution in [3.63, 3.8) is 0 Å². The quantitative estimate of drug-likeness (QED) is 0.773. The molecule has 96 valence electrons. The summed E-state index contributed by atoms with van der Waals surface area (Å²) in [6.45, 7) is 12.1. The van der Waals surface area contributed by atoms with E-state index >= 15 is 0 Å². The molecule has 0 saturated carbocycles. The van der Waals surface area contributed by atoms with Crippen LogP contribution in [0.25, 0.3) is 0 Å². The summed E-state index contributed by atoms with van der Waals surface area (Å²) in [4.78, 5) is 2.43. The summed E-state index contributed by atoms with van der Waals surface area (Å²) in [7, 11) is 0. The molecule has 0 saturated heterocycles. The van der Waals surface area contributed by atoms with E-state index in [9.17, 15) is 0 Å². The zero-order valence-corrected chi connectivity index (χ0v) is 11.7. The number of nitrogens with one attached hydrogen (secondary N) is 1. The molecule has 2 heteroatoms. The lowest BCUT2D eigenvalue weighted by Gasteiger charge is -2.19. The Hall–Kier alpha value is -1.02. The Morgan fingerprint density at radius 3 is 2.47 bits per heavy atom. The van der Waals surface area contributed by atoms with Crippen LogP contribution in [-0.4, -0.2) is 24.0 Å². The smallest absolute Gasteiger partial charge is 0.0345 e. The Kier molecular flexibility index (Phi) is 6.06. The average molecular weight is 234 g/mol. The second-order valence-electron chi connectivity index (χ2n) is 4.62. The number of hydrogen-bond acceptors (Lipinski definition) is 2. The molecule has 1 atom stereocenters. The molecule has 0 heterocycles. The predicted molar refractivity (Wildman–Crippen MR) is 76.4 cm³/mol. The molecule has 0 aliphatic heterocycles. The Morgan fingerprint density at radius 2 is 1.88 bits per heavy atom. The first kappa shape index (κ1) is 14.0. The molecule has 0 bridgehead atoms. The largest absolute Gasteiger partial charge is 0.383 e. The highest BCUT2D eigenvalue weighted by atomic mass is 15.1. The minimum absolute atomic E-state index is 0.540. The van der Waals surface area contributed by atoms with Gasteiger partial charge in [0.05, 0.1) is 0 Å². The molecule has 0 fully saturated rings. The predicted octanol–water partition coefficient (Wildman–Crippen LogP) is 3.74. The summed E-state index contributed by atoms with van der Waals surface area (Å²) in [5, 5.41) is 3.52. The van der Waals surface area contributed by atoms with Gasteiger partial charge in [-0.25, -0.2) is 0 Å².